The Morgan fingerprint density at radius 3 is 2.15 bits per heavy atom. The summed E-state index contributed by atoms with van der Waals surface area (Å²) in [6.45, 7) is 9.10. The lowest BCUT2D eigenvalue weighted by Gasteiger charge is -2.19. The summed E-state index contributed by atoms with van der Waals surface area (Å²) >= 11 is 1.76. The summed E-state index contributed by atoms with van der Waals surface area (Å²) in [5, 5.41) is 0. The highest BCUT2D eigenvalue weighted by molar-refractivity contribution is 7.98. The Hall–Kier alpha value is -2.92. The van der Waals surface area contributed by atoms with E-state index in [1.165, 1.54) is 18.2 Å². The molecule has 0 fully saturated rings. The van der Waals surface area contributed by atoms with Gasteiger partial charge in [0.25, 0.3) is 0 Å². The first-order chi connectivity index (χ1) is 15.7. The predicted octanol–water partition coefficient (Wildman–Crippen LogP) is 6.72. The van der Waals surface area contributed by atoms with Crippen molar-refractivity contribution in [1.82, 2.24) is 0 Å². The highest BCUT2D eigenvalue weighted by atomic mass is 32.2. The Labute approximate surface area is 201 Å². The van der Waals surface area contributed by atoms with Crippen molar-refractivity contribution in [1.29, 1.82) is 0 Å². The van der Waals surface area contributed by atoms with Crippen LogP contribution in [0.25, 0.3) is 0 Å². The molecule has 0 aromatic heterocycles. The van der Waals surface area contributed by atoms with Crippen LogP contribution in [-0.4, -0.2) is 19.7 Å². The number of benzene rings is 3. The lowest BCUT2D eigenvalue weighted by Crippen LogP contribution is -2.12. The number of rotatable bonds is 9. The van der Waals surface area contributed by atoms with E-state index in [0.29, 0.717) is 12.4 Å². The largest absolute Gasteiger partial charge is 0.489 e. The van der Waals surface area contributed by atoms with Crippen molar-refractivity contribution in [2.75, 3.05) is 13.7 Å². The molecule has 0 heterocycles. The molecule has 0 aliphatic heterocycles. The number of carbonyl (C=O) groups is 1. The third kappa shape index (κ3) is 7.57. The molecule has 0 radical (unpaired) electrons. The lowest BCUT2D eigenvalue weighted by atomic mass is 9.87. The van der Waals surface area contributed by atoms with E-state index in [4.69, 9.17) is 9.47 Å². The third-order valence-electron chi connectivity index (χ3n) is 5.27. The molecule has 4 nitrogen and oxygen atoms in total. The van der Waals surface area contributed by atoms with Gasteiger partial charge in [0.05, 0.1) is 7.11 Å². The molecule has 0 unspecified atom stereocenters. The molecule has 3 aromatic carbocycles. The number of esters is 1. The summed E-state index contributed by atoms with van der Waals surface area (Å²) < 4.78 is 16.1. The van der Waals surface area contributed by atoms with Gasteiger partial charge in [-0.3, -0.25) is 0 Å². The van der Waals surface area contributed by atoms with Gasteiger partial charge >= 0.3 is 5.97 Å². The molecule has 5 heteroatoms. The number of hydrogen-bond acceptors (Lipinski definition) is 5. The first-order valence-electron chi connectivity index (χ1n) is 11.0. The molecule has 0 aliphatic rings. The second-order valence-electron chi connectivity index (χ2n) is 8.96. The first-order valence-corrected chi connectivity index (χ1v) is 12.0. The van der Waals surface area contributed by atoms with E-state index in [2.05, 4.69) is 68.0 Å². The van der Waals surface area contributed by atoms with Gasteiger partial charge in [-0.25, -0.2) is 4.79 Å². The van der Waals surface area contributed by atoms with Crippen molar-refractivity contribution in [2.45, 2.75) is 50.4 Å². The van der Waals surface area contributed by atoms with Crippen LogP contribution in [-0.2, 0) is 27.3 Å². The molecule has 0 bridgehead atoms. The maximum absolute atomic E-state index is 11.2. The maximum atomic E-state index is 11.2. The van der Waals surface area contributed by atoms with Crippen molar-refractivity contribution in [3.63, 3.8) is 0 Å². The van der Waals surface area contributed by atoms with E-state index >= 15 is 0 Å². The molecule has 174 valence electrons. The lowest BCUT2D eigenvalue weighted by molar-refractivity contribution is -0.142. The fourth-order valence-electron chi connectivity index (χ4n) is 3.19. The topological polar surface area (TPSA) is 44.8 Å². The number of carbonyl (C=O) groups excluding carboxylic acids is 1. The average molecular weight is 465 g/mol. The summed E-state index contributed by atoms with van der Waals surface area (Å²) in [6.07, 6.45) is 0. The van der Waals surface area contributed by atoms with Gasteiger partial charge in [0, 0.05) is 10.6 Å². The van der Waals surface area contributed by atoms with Crippen molar-refractivity contribution >= 4 is 17.7 Å². The van der Waals surface area contributed by atoms with Crippen molar-refractivity contribution < 1.29 is 19.0 Å². The van der Waals surface area contributed by atoms with Crippen LogP contribution in [0, 0.1) is 6.92 Å². The molecule has 3 rings (SSSR count). The molecule has 3 aromatic rings. The van der Waals surface area contributed by atoms with Crippen LogP contribution in [0.4, 0.5) is 0 Å². The zero-order valence-electron chi connectivity index (χ0n) is 20.0. The Kier molecular flexibility index (Phi) is 8.45. The highest BCUT2D eigenvalue weighted by Crippen LogP contribution is 2.29. The molecular weight excluding hydrogens is 432 g/mol. The van der Waals surface area contributed by atoms with Crippen LogP contribution in [0.1, 0.15) is 43.0 Å². The van der Waals surface area contributed by atoms with Crippen molar-refractivity contribution in [3.8, 4) is 11.5 Å². The highest BCUT2D eigenvalue weighted by Gasteiger charge is 2.12. The minimum Gasteiger partial charge on any atom is -0.489 e. The maximum Gasteiger partial charge on any atom is 0.343 e. The second-order valence-corrected chi connectivity index (χ2v) is 10.0. The van der Waals surface area contributed by atoms with E-state index in [1.807, 2.05) is 31.2 Å². The SMILES string of the molecule is COC(=O)COc1ccc(SCc2ccc(OCc3ccc(C(C)(C)C)cc3)cc2)cc1C. The Morgan fingerprint density at radius 2 is 1.55 bits per heavy atom. The van der Waals surface area contributed by atoms with Gasteiger partial charge in [-0.15, -0.1) is 11.8 Å². The van der Waals surface area contributed by atoms with Crippen LogP contribution in [0.3, 0.4) is 0 Å². The Bertz CT molecular complexity index is 1050. The zero-order chi connectivity index (χ0) is 23.8. The van der Waals surface area contributed by atoms with Crippen LogP contribution in [0.2, 0.25) is 0 Å². The minimum absolute atomic E-state index is 0.0829. The number of ether oxygens (including phenoxy) is 3. The summed E-state index contributed by atoms with van der Waals surface area (Å²) in [6, 6.07) is 22.9. The smallest absolute Gasteiger partial charge is 0.343 e. The van der Waals surface area contributed by atoms with E-state index in [-0.39, 0.29) is 12.0 Å². The molecule has 0 amide bonds. The molecule has 0 N–H and O–H groups in total. The normalized spacial score (nSPS) is 11.2. The first kappa shape index (κ1) is 24.7. The fourth-order valence-corrected chi connectivity index (χ4v) is 4.14. The summed E-state index contributed by atoms with van der Waals surface area (Å²) in [7, 11) is 1.35. The third-order valence-corrected chi connectivity index (χ3v) is 6.34. The minimum atomic E-state index is -0.390. The number of hydrogen-bond donors (Lipinski definition) is 0. The quantitative estimate of drug-likeness (QED) is 0.260. The van der Waals surface area contributed by atoms with Gasteiger partial charge in [0.15, 0.2) is 6.61 Å². The molecule has 0 saturated heterocycles. The van der Waals surface area contributed by atoms with Gasteiger partial charge in [-0.2, -0.15) is 0 Å². The monoisotopic (exact) mass is 464 g/mol. The van der Waals surface area contributed by atoms with E-state index in [1.54, 1.807) is 11.8 Å². The van der Waals surface area contributed by atoms with Gasteiger partial charge in [0.2, 0.25) is 0 Å². The van der Waals surface area contributed by atoms with Gasteiger partial charge < -0.3 is 14.2 Å². The molecule has 0 spiro atoms. The van der Waals surface area contributed by atoms with Crippen molar-refractivity contribution in [3.05, 3.63) is 89.0 Å². The van der Waals surface area contributed by atoms with Gasteiger partial charge in [0.1, 0.15) is 18.1 Å². The van der Waals surface area contributed by atoms with E-state index < -0.39 is 5.97 Å². The average Bonchev–Trinajstić information content (AvgIpc) is 2.81. The fraction of sp³-hybridized carbons (Fsp3) is 0.321. The van der Waals surface area contributed by atoms with E-state index in [9.17, 15) is 4.79 Å². The van der Waals surface area contributed by atoms with Crippen molar-refractivity contribution in [2.24, 2.45) is 0 Å². The molecule has 0 saturated carbocycles. The number of thioether (sulfide) groups is 1. The van der Waals surface area contributed by atoms with Gasteiger partial charge in [-0.05, 0) is 64.9 Å². The second kappa shape index (κ2) is 11.3. The molecular formula is C28H32O4S. The molecule has 0 atom stereocenters. The Balaban J connectivity index is 1.48. The summed E-state index contributed by atoms with van der Waals surface area (Å²) in [5.41, 5.74) is 4.86. The van der Waals surface area contributed by atoms with Crippen LogP contribution in [0.15, 0.2) is 71.6 Å². The summed E-state index contributed by atoms with van der Waals surface area (Å²) in [4.78, 5) is 12.4. The number of aryl methyl sites for hydroxylation is 1. The van der Waals surface area contributed by atoms with Crippen LogP contribution in [0.5, 0.6) is 11.5 Å². The van der Waals surface area contributed by atoms with Crippen LogP contribution < -0.4 is 9.47 Å². The predicted molar refractivity (Wildman–Crippen MR) is 134 cm³/mol. The van der Waals surface area contributed by atoms with Gasteiger partial charge in [-0.1, -0.05) is 57.2 Å². The van der Waals surface area contributed by atoms with Crippen LogP contribution >= 0.6 is 11.8 Å². The summed E-state index contributed by atoms with van der Waals surface area (Å²) in [5.74, 6) is 2.03. The molecule has 33 heavy (non-hydrogen) atoms. The molecule has 0 aliphatic carbocycles. The Morgan fingerprint density at radius 1 is 0.879 bits per heavy atom. The number of methoxy groups -OCH3 is 1. The zero-order valence-corrected chi connectivity index (χ0v) is 20.8. The standard InChI is InChI=1S/C28H32O4S/c1-20-16-25(14-15-26(20)32-18-27(29)30-5)33-19-22-8-12-24(13-9-22)31-17-21-6-10-23(11-7-21)28(2,3)4/h6-16H,17-19H2,1-5H3. The van der Waals surface area contributed by atoms with E-state index in [0.717, 1.165) is 27.5 Å².